The lowest BCUT2D eigenvalue weighted by Gasteiger charge is -1.99. The fraction of sp³-hybridized carbons (Fsp3) is 0.118. The minimum atomic E-state index is -0.194. The number of nitrogens with one attached hydrogen (secondary N) is 1. The topological polar surface area (TPSA) is 63.1 Å². The third kappa shape index (κ3) is 2.27. The number of aryl methyl sites for hydroxylation is 2. The molecule has 0 unspecified atom stereocenters. The molecule has 0 atom stereocenters. The van der Waals surface area contributed by atoms with Crippen LogP contribution in [-0.2, 0) is 0 Å². The lowest BCUT2D eigenvalue weighted by Crippen LogP contribution is -2.11. The van der Waals surface area contributed by atoms with E-state index in [1.54, 1.807) is 17.4 Å². The number of hydrogen-bond donors (Lipinski definition) is 1. The van der Waals surface area contributed by atoms with Crippen LogP contribution in [0.5, 0.6) is 0 Å². The summed E-state index contributed by atoms with van der Waals surface area (Å²) in [6, 6.07) is 7.51. The van der Waals surface area contributed by atoms with Gasteiger partial charge in [0.15, 0.2) is 4.96 Å². The van der Waals surface area contributed by atoms with Gasteiger partial charge in [-0.2, -0.15) is 0 Å². The number of hydrogen-bond acceptors (Lipinski definition) is 4. The second-order valence-electron chi connectivity index (χ2n) is 5.38. The molecule has 3 aromatic heterocycles. The zero-order valence-electron chi connectivity index (χ0n) is 12.7. The lowest BCUT2D eigenvalue weighted by molar-refractivity contribution is 1.11. The number of benzene rings is 1. The van der Waals surface area contributed by atoms with Gasteiger partial charge in [-0.05, 0) is 38.1 Å². The van der Waals surface area contributed by atoms with Crippen LogP contribution >= 0.6 is 11.3 Å². The Morgan fingerprint density at radius 1 is 1.17 bits per heavy atom. The maximum absolute atomic E-state index is 12.2. The van der Waals surface area contributed by atoms with Gasteiger partial charge in [0.25, 0.3) is 5.56 Å². The normalized spacial score (nSPS) is 11.9. The number of imidazole rings is 1. The number of nitrogens with zero attached hydrogens (tertiary/aromatic N) is 3. The molecule has 0 radical (unpaired) electrons. The smallest absolute Gasteiger partial charge is 0.274 e. The molecule has 0 spiro atoms. The van der Waals surface area contributed by atoms with E-state index in [0.29, 0.717) is 5.69 Å². The van der Waals surface area contributed by atoms with Crippen LogP contribution in [0.25, 0.3) is 28.1 Å². The molecular weight excluding hydrogens is 308 g/mol. The molecule has 4 rings (SSSR count). The summed E-state index contributed by atoms with van der Waals surface area (Å²) in [6.07, 6.45) is 3.65. The van der Waals surface area contributed by atoms with E-state index in [2.05, 4.69) is 24.7 Å². The second kappa shape index (κ2) is 5.17. The minimum Gasteiger partial charge on any atom is -0.319 e. The lowest BCUT2D eigenvalue weighted by atomic mass is 10.2. The predicted octanol–water partition coefficient (Wildman–Crippen LogP) is 3.42. The first-order valence-corrected chi connectivity index (χ1v) is 8.12. The highest BCUT2D eigenvalue weighted by Crippen LogP contribution is 2.21. The van der Waals surface area contributed by atoms with Crippen molar-refractivity contribution in [2.75, 3.05) is 0 Å². The Labute approximate surface area is 136 Å². The summed E-state index contributed by atoms with van der Waals surface area (Å²) < 4.78 is 2.09. The van der Waals surface area contributed by atoms with Crippen LogP contribution in [0.4, 0.5) is 0 Å². The van der Waals surface area contributed by atoms with Crippen LogP contribution in [0, 0.1) is 13.8 Å². The molecule has 4 aromatic rings. The molecule has 6 heteroatoms. The van der Waals surface area contributed by atoms with Gasteiger partial charge in [0, 0.05) is 11.1 Å². The molecule has 0 saturated heterocycles. The van der Waals surface area contributed by atoms with E-state index in [9.17, 15) is 4.79 Å². The van der Waals surface area contributed by atoms with Gasteiger partial charge in [-0.1, -0.05) is 12.1 Å². The highest BCUT2D eigenvalue weighted by atomic mass is 32.1. The fourth-order valence-corrected chi connectivity index (χ4v) is 3.55. The minimum absolute atomic E-state index is 0.194. The van der Waals surface area contributed by atoms with E-state index >= 15 is 0 Å². The number of H-pyrrole nitrogens is 1. The third-order valence-electron chi connectivity index (χ3n) is 3.78. The maximum Gasteiger partial charge on any atom is 0.274 e. The molecule has 1 N–H and O–H groups in total. The van der Waals surface area contributed by atoms with E-state index in [1.165, 1.54) is 0 Å². The van der Waals surface area contributed by atoms with E-state index in [1.807, 2.05) is 44.2 Å². The number of thiazole rings is 1. The molecule has 23 heavy (non-hydrogen) atoms. The molecule has 5 nitrogen and oxygen atoms in total. The van der Waals surface area contributed by atoms with Gasteiger partial charge in [-0.15, -0.1) is 11.3 Å². The number of aromatic nitrogens is 4. The maximum atomic E-state index is 12.2. The van der Waals surface area contributed by atoms with E-state index in [4.69, 9.17) is 0 Å². The molecule has 3 heterocycles. The van der Waals surface area contributed by atoms with Crippen molar-refractivity contribution >= 4 is 39.5 Å². The van der Waals surface area contributed by atoms with Crippen molar-refractivity contribution in [2.45, 2.75) is 13.8 Å². The molecule has 0 bridgehead atoms. The number of para-hydroxylation sites is 2. The standard InChI is InChI=1S/C17H14N4OS/c1-10-9-23-17-18-11(2)15(21(10)17)8-7-14-16(22)20-13-6-4-3-5-12(13)19-14/h3-9H,1-2H3,(H,20,22)/b8-7+. The first-order valence-electron chi connectivity index (χ1n) is 7.24. The van der Waals surface area contributed by atoms with Crippen molar-refractivity contribution in [1.29, 1.82) is 0 Å². The molecular formula is C17H14N4OS. The molecule has 0 fully saturated rings. The van der Waals surface area contributed by atoms with Crippen molar-refractivity contribution < 1.29 is 0 Å². The van der Waals surface area contributed by atoms with Gasteiger partial charge < -0.3 is 4.98 Å². The quantitative estimate of drug-likeness (QED) is 0.615. The number of aromatic amines is 1. The largest absolute Gasteiger partial charge is 0.319 e. The molecule has 0 aliphatic rings. The van der Waals surface area contributed by atoms with Crippen LogP contribution in [-0.4, -0.2) is 19.4 Å². The second-order valence-corrected chi connectivity index (χ2v) is 6.22. The third-order valence-corrected chi connectivity index (χ3v) is 4.72. The Morgan fingerprint density at radius 3 is 2.87 bits per heavy atom. The molecule has 1 aromatic carbocycles. The molecule has 0 aliphatic carbocycles. The SMILES string of the molecule is Cc1nc2scc(C)n2c1/C=C/c1nc2ccccc2[nH]c1=O. The van der Waals surface area contributed by atoms with Crippen LogP contribution in [0.15, 0.2) is 34.4 Å². The van der Waals surface area contributed by atoms with Gasteiger partial charge in [-0.3, -0.25) is 9.20 Å². The van der Waals surface area contributed by atoms with Crippen LogP contribution in [0.2, 0.25) is 0 Å². The van der Waals surface area contributed by atoms with Gasteiger partial charge in [0.05, 0.1) is 22.4 Å². The van der Waals surface area contributed by atoms with Crippen LogP contribution < -0.4 is 5.56 Å². The predicted molar refractivity (Wildman–Crippen MR) is 93.8 cm³/mol. The summed E-state index contributed by atoms with van der Waals surface area (Å²) in [5, 5.41) is 2.07. The average Bonchev–Trinajstić information content (AvgIpc) is 3.04. The zero-order chi connectivity index (χ0) is 16.0. The molecule has 0 saturated carbocycles. The van der Waals surface area contributed by atoms with Gasteiger partial charge >= 0.3 is 0 Å². The summed E-state index contributed by atoms with van der Waals surface area (Å²) in [6.45, 7) is 4.01. The monoisotopic (exact) mass is 322 g/mol. The van der Waals surface area contributed by atoms with Crippen molar-refractivity contribution in [3.05, 3.63) is 62.8 Å². The summed E-state index contributed by atoms with van der Waals surface area (Å²) in [4.78, 5) is 25.0. The Hall–Kier alpha value is -2.73. The molecule has 114 valence electrons. The summed E-state index contributed by atoms with van der Waals surface area (Å²) in [5.41, 5.74) is 4.76. The van der Waals surface area contributed by atoms with Crippen molar-refractivity contribution in [2.24, 2.45) is 0 Å². The number of fused-ring (bicyclic) bond motifs is 2. The van der Waals surface area contributed by atoms with Crippen molar-refractivity contribution in [3.63, 3.8) is 0 Å². The summed E-state index contributed by atoms with van der Waals surface area (Å²) >= 11 is 1.61. The average molecular weight is 322 g/mol. The van der Waals surface area contributed by atoms with Crippen LogP contribution in [0.3, 0.4) is 0 Å². The Kier molecular flexibility index (Phi) is 3.12. The molecule has 0 amide bonds. The van der Waals surface area contributed by atoms with Crippen molar-refractivity contribution in [3.8, 4) is 0 Å². The zero-order valence-corrected chi connectivity index (χ0v) is 13.5. The number of rotatable bonds is 2. The van der Waals surface area contributed by atoms with Gasteiger partial charge in [-0.25, -0.2) is 9.97 Å². The van der Waals surface area contributed by atoms with E-state index in [-0.39, 0.29) is 5.56 Å². The van der Waals surface area contributed by atoms with Crippen LogP contribution in [0.1, 0.15) is 22.8 Å². The molecule has 0 aliphatic heterocycles. The van der Waals surface area contributed by atoms with E-state index < -0.39 is 0 Å². The first kappa shape index (κ1) is 13.9. The fourth-order valence-electron chi connectivity index (χ4n) is 2.64. The Bertz CT molecular complexity index is 1120. The van der Waals surface area contributed by atoms with Gasteiger partial charge in [0.1, 0.15) is 5.69 Å². The Balaban J connectivity index is 1.84. The Morgan fingerprint density at radius 2 is 2.00 bits per heavy atom. The van der Waals surface area contributed by atoms with Crippen molar-refractivity contribution in [1.82, 2.24) is 19.4 Å². The first-order chi connectivity index (χ1) is 11.1. The highest BCUT2D eigenvalue weighted by Gasteiger charge is 2.10. The highest BCUT2D eigenvalue weighted by molar-refractivity contribution is 7.15. The van der Waals surface area contributed by atoms with Gasteiger partial charge in [0.2, 0.25) is 0 Å². The van der Waals surface area contributed by atoms with E-state index in [0.717, 1.165) is 33.1 Å². The summed E-state index contributed by atoms with van der Waals surface area (Å²) in [5.74, 6) is 0. The summed E-state index contributed by atoms with van der Waals surface area (Å²) in [7, 11) is 0.